The van der Waals surface area contributed by atoms with E-state index in [-0.39, 0.29) is 22.9 Å². The third-order valence-electron chi connectivity index (χ3n) is 5.48. The van der Waals surface area contributed by atoms with Gasteiger partial charge in [0.25, 0.3) is 5.91 Å². The normalized spacial score (nSPS) is 18.8. The van der Waals surface area contributed by atoms with Crippen LogP contribution < -0.4 is 11.1 Å². The van der Waals surface area contributed by atoms with Crippen molar-refractivity contribution in [2.75, 3.05) is 0 Å². The van der Waals surface area contributed by atoms with Crippen molar-refractivity contribution in [2.45, 2.75) is 37.8 Å². The van der Waals surface area contributed by atoms with Gasteiger partial charge in [-0.25, -0.2) is 4.98 Å². The minimum Gasteiger partial charge on any atom is -0.366 e. The smallest absolute Gasteiger partial charge is 0.257 e. The van der Waals surface area contributed by atoms with E-state index in [1.54, 1.807) is 18.3 Å². The van der Waals surface area contributed by atoms with Gasteiger partial charge in [0.1, 0.15) is 5.69 Å². The molecule has 8 heteroatoms. The number of carbonyl (C=O) groups is 2. The monoisotopic (exact) mass is 421 g/mol. The number of thiol groups is 1. The zero-order valence-corrected chi connectivity index (χ0v) is 17.3. The predicted octanol–water partition coefficient (Wildman–Crippen LogP) is 3.24. The van der Waals surface area contributed by atoms with Crippen molar-refractivity contribution in [3.05, 3.63) is 59.6 Å². The maximum atomic E-state index is 12.0. The Hall–Kier alpha value is -3.13. The van der Waals surface area contributed by atoms with E-state index in [2.05, 4.69) is 34.1 Å². The van der Waals surface area contributed by atoms with Crippen LogP contribution in [0.5, 0.6) is 0 Å². The highest BCUT2D eigenvalue weighted by molar-refractivity contribution is 7.85. The predicted molar refractivity (Wildman–Crippen MR) is 119 cm³/mol. The number of amides is 2. The Morgan fingerprint density at radius 1 is 1.23 bits per heavy atom. The molecular formula is C22H23N5O2S. The number of rotatable bonds is 5. The molecule has 1 aliphatic rings. The van der Waals surface area contributed by atoms with E-state index in [0.717, 1.165) is 42.7 Å². The van der Waals surface area contributed by atoms with Gasteiger partial charge < -0.3 is 15.6 Å². The van der Waals surface area contributed by atoms with Crippen molar-refractivity contribution in [3.63, 3.8) is 0 Å². The topological polar surface area (TPSA) is 103 Å². The zero-order chi connectivity index (χ0) is 21.3. The molecule has 2 atom stereocenters. The van der Waals surface area contributed by atoms with E-state index in [0.29, 0.717) is 11.1 Å². The molecular weight excluding hydrogens is 398 g/mol. The van der Waals surface area contributed by atoms with Gasteiger partial charge in [0.05, 0.1) is 15.9 Å². The van der Waals surface area contributed by atoms with Gasteiger partial charge in [-0.1, -0.05) is 12.6 Å². The lowest BCUT2D eigenvalue weighted by Crippen LogP contribution is -2.39. The highest BCUT2D eigenvalue weighted by Crippen LogP contribution is 2.36. The minimum absolute atomic E-state index is 0.0269. The van der Waals surface area contributed by atoms with Crippen LogP contribution in [0.3, 0.4) is 0 Å². The summed E-state index contributed by atoms with van der Waals surface area (Å²) in [6.07, 6.45) is 5.32. The lowest BCUT2D eigenvalue weighted by atomic mass is 9.90. The molecule has 0 radical (unpaired) electrons. The minimum atomic E-state index is -0.488. The number of nitrogens with one attached hydrogen (secondary N) is 1. The van der Waals surface area contributed by atoms with Gasteiger partial charge in [0.15, 0.2) is 5.82 Å². The summed E-state index contributed by atoms with van der Waals surface area (Å²) in [4.78, 5) is 33.2. The summed E-state index contributed by atoms with van der Waals surface area (Å²) in [6, 6.07) is 11.2. The van der Waals surface area contributed by atoms with Crippen molar-refractivity contribution in [1.82, 2.24) is 19.9 Å². The van der Waals surface area contributed by atoms with Crippen LogP contribution in [0.2, 0.25) is 0 Å². The van der Waals surface area contributed by atoms with Crippen LogP contribution in [0.25, 0.3) is 22.6 Å². The molecule has 4 rings (SSSR count). The molecule has 2 aromatic heterocycles. The van der Waals surface area contributed by atoms with Gasteiger partial charge in [0, 0.05) is 23.8 Å². The first-order chi connectivity index (χ1) is 14.4. The molecule has 1 aliphatic carbocycles. The van der Waals surface area contributed by atoms with Crippen LogP contribution in [0.1, 0.15) is 42.1 Å². The lowest BCUT2D eigenvalue weighted by Gasteiger charge is -2.32. The number of aromatic nitrogens is 3. The first-order valence-corrected chi connectivity index (χ1v) is 10.3. The number of fused-ring (bicyclic) bond motifs is 1. The Kier molecular flexibility index (Phi) is 5.59. The molecule has 1 aromatic carbocycles. The van der Waals surface area contributed by atoms with E-state index < -0.39 is 5.91 Å². The summed E-state index contributed by atoms with van der Waals surface area (Å²) >= 11 is 4.05. The number of carbonyl (C=O) groups excluding carboxylic acids is 2. The zero-order valence-electron chi connectivity index (χ0n) is 16.4. The van der Waals surface area contributed by atoms with Crippen molar-refractivity contribution in [1.29, 1.82) is 0 Å². The Morgan fingerprint density at radius 2 is 2.07 bits per heavy atom. The van der Waals surface area contributed by atoms with Crippen LogP contribution in [-0.4, -0.2) is 32.4 Å². The number of pyridine rings is 1. The standard InChI is InChI=1S/C22H23N5O2S/c1-13(30)22(29)25-15-5-4-6-16(12-15)27-19-9-8-14(20(23)28)11-18(19)26-21(27)17-7-2-3-10-24-17/h2-3,7-11,15-16,30H,1,4-6,12H2,(H2,23,28)(H,25,29). The summed E-state index contributed by atoms with van der Waals surface area (Å²) in [6.45, 7) is 3.60. The van der Waals surface area contributed by atoms with Crippen LogP contribution in [0.15, 0.2) is 54.1 Å². The molecule has 0 aliphatic heterocycles. The van der Waals surface area contributed by atoms with E-state index in [1.807, 2.05) is 24.3 Å². The number of hydrogen-bond acceptors (Lipinski definition) is 5. The molecule has 1 fully saturated rings. The quantitative estimate of drug-likeness (QED) is 0.435. The third-order valence-corrected chi connectivity index (χ3v) is 5.68. The van der Waals surface area contributed by atoms with Crippen LogP contribution in [0.4, 0.5) is 0 Å². The molecule has 2 heterocycles. The Morgan fingerprint density at radius 3 is 2.77 bits per heavy atom. The number of nitrogens with two attached hydrogens (primary N) is 1. The molecule has 2 unspecified atom stereocenters. The highest BCUT2D eigenvalue weighted by Gasteiger charge is 2.28. The molecule has 30 heavy (non-hydrogen) atoms. The van der Waals surface area contributed by atoms with Crippen molar-refractivity contribution < 1.29 is 9.59 Å². The Labute approximate surface area is 179 Å². The maximum absolute atomic E-state index is 12.0. The SMILES string of the molecule is C=C(S)C(=O)NC1CCCC(n2c(-c3ccccn3)nc3cc(C(N)=O)ccc32)C1. The maximum Gasteiger partial charge on any atom is 0.257 e. The summed E-state index contributed by atoms with van der Waals surface area (Å²) in [7, 11) is 0. The number of imidazole rings is 1. The number of hydrogen-bond donors (Lipinski definition) is 3. The Balaban J connectivity index is 1.77. The second kappa shape index (κ2) is 8.31. The number of benzene rings is 1. The molecule has 3 N–H and O–H groups in total. The Bertz CT molecular complexity index is 1130. The lowest BCUT2D eigenvalue weighted by molar-refractivity contribution is -0.117. The fourth-order valence-electron chi connectivity index (χ4n) is 4.10. The summed E-state index contributed by atoms with van der Waals surface area (Å²) < 4.78 is 2.18. The first-order valence-electron chi connectivity index (χ1n) is 9.86. The van der Waals surface area contributed by atoms with Gasteiger partial charge >= 0.3 is 0 Å². The number of nitrogens with zero attached hydrogens (tertiary/aromatic N) is 3. The second-order valence-electron chi connectivity index (χ2n) is 7.53. The largest absolute Gasteiger partial charge is 0.366 e. The summed E-state index contributed by atoms with van der Waals surface area (Å²) in [5, 5.41) is 3.02. The molecule has 0 bridgehead atoms. The van der Waals surface area contributed by atoms with Crippen LogP contribution >= 0.6 is 12.6 Å². The molecule has 1 saturated carbocycles. The summed E-state index contributed by atoms with van der Waals surface area (Å²) in [5.74, 6) is 0.0107. The molecule has 0 spiro atoms. The van der Waals surface area contributed by atoms with Gasteiger partial charge in [-0.15, -0.1) is 12.6 Å². The first kappa shape index (κ1) is 20.2. The van der Waals surface area contributed by atoms with Crippen LogP contribution in [-0.2, 0) is 4.79 Å². The fourth-order valence-corrected chi connectivity index (χ4v) is 4.16. The molecule has 3 aromatic rings. The van der Waals surface area contributed by atoms with E-state index >= 15 is 0 Å². The van der Waals surface area contributed by atoms with Gasteiger partial charge in [-0.05, 0) is 56.0 Å². The average Bonchev–Trinajstić information content (AvgIpc) is 3.13. The number of primary amides is 1. The molecule has 2 amide bonds. The molecule has 7 nitrogen and oxygen atoms in total. The van der Waals surface area contributed by atoms with Crippen molar-refractivity contribution >= 4 is 35.5 Å². The highest BCUT2D eigenvalue weighted by atomic mass is 32.1. The van der Waals surface area contributed by atoms with Crippen molar-refractivity contribution in [2.24, 2.45) is 5.73 Å². The molecule has 154 valence electrons. The van der Waals surface area contributed by atoms with Gasteiger partial charge in [-0.2, -0.15) is 0 Å². The van der Waals surface area contributed by atoms with Gasteiger partial charge in [-0.3, -0.25) is 14.6 Å². The molecule has 0 saturated heterocycles. The second-order valence-corrected chi connectivity index (χ2v) is 8.07. The summed E-state index contributed by atoms with van der Waals surface area (Å²) in [5.41, 5.74) is 8.23. The van der Waals surface area contributed by atoms with E-state index in [9.17, 15) is 9.59 Å². The van der Waals surface area contributed by atoms with E-state index in [1.165, 1.54) is 0 Å². The van der Waals surface area contributed by atoms with Crippen LogP contribution in [0, 0.1) is 0 Å². The van der Waals surface area contributed by atoms with Crippen molar-refractivity contribution in [3.8, 4) is 11.5 Å². The van der Waals surface area contributed by atoms with Gasteiger partial charge in [0.2, 0.25) is 5.91 Å². The average molecular weight is 422 g/mol. The fraction of sp³-hybridized carbons (Fsp3) is 0.273. The van der Waals surface area contributed by atoms with E-state index in [4.69, 9.17) is 10.7 Å². The third kappa shape index (κ3) is 3.95.